The summed E-state index contributed by atoms with van der Waals surface area (Å²) in [4.78, 5) is 0. The van der Waals surface area contributed by atoms with E-state index in [4.69, 9.17) is 4.74 Å². The Bertz CT molecular complexity index is 1050. The van der Waals surface area contributed by atoms with Gasteiger partial charge in [0, 0.05) is 12.6 Å². The summed E-state index contributed by atoms with van der Waals surface area (Å²) in [6, 6.07) is 9.53. The number of para-hydroxylation sites is 1. The van der Waals surface area contributed by atoms with Crippen LogP contribution in [0.2, 0.25) is 0 Å². The summed E-state index contributed by atoms with van der Waals surface area (Å²) in [6.45, 7) is 2.92. The van der Waals surface area contributed by atoms with Crippen molar-refractivity contribution in [3.63, 3.8) is 0 Å². The number of aromatic nitrogens is 3. The Morgan fingerprint density at radius 2 is 1.30 bits per heavy atom. The van der Waals surface area contributed by atoms with Gasteiger partial charge in [0.05, 0.1) is 11.1 Å². The van der Waals surface area contributed by atoms with E-state index in [1.807, 2.05) is 0 Å². The van der Waals surface area contributed by atoms with E-state index in [0.29, 0.717) is 0 Å². The molecule has 0 spiro atoms. The molecule has 1 aromatic heterocycles. The number of ether oxygens (including phenoxy) is 1. The van der Waals surface area contributed by atoms with Crippen molar-refractivity contribution in [2.24, 2.45) is 7.05 Å². The molecule has 0 atom stereocenters. The van der Waals surface area contributed by atoms with E-state index in [2.05, 4.69) is 10.2 Å². The highest BCUT2D eigenvalue weighted by Crippen LogP contribution is 2.40. The van der Waals surface area contributed by atoms with E-state index >= 15 is 0 Å². The molecule has 160 valence electrons. The number of benzene rings is 2. The normalized spacial score (nSPS) is 12.8. The van der Waals surface area contributed by atoms with Crippen LogP contribution in [0.1, 0.15) is 30.8 Å². The van der Waals surface area contributed by atoms with Crippen LogP contribution in [0.15, 0.2) is 48.5 Å². The summed E-state index contributed by atoms with van der Waals surface area (Å²) in [5, 5.41) is 7.76. The first-order valence-corrected chi connectivity index (χ1v) is 8.74. The Morgan fingerprint density at radius 3 is 1.90 bits per heavy atom. The molecule has 0 unspecified atom stereocenters. The van der Waals surface area contributed by atoms with E-state index in [9.17, 15) is 26.3 Å². The molecular formula is C20H17F6N3O. The minimum atomic E-state index is -4.64. The predicted octanol–water partition coefficient (Wildman–Crippen LogP) is 5.83. The summed E-state index contributed by atoms with van der Waals surface area (Å²) in [6.07, 6.45) is -9.25. The van der Waals surface area contributed by atoms with Crippen molar-refractivity contribution in [1.82, 2.24) is 14.8 Å². The maximum Gasteiger partial charge on any atom is 0.419 e. The van der Waals surface area contributed by atoms with Crippen molar-refractivity contribution in [1.29, 1.82) is 0 Å². The lowest BCUT2D eigenvalue weighted by Gasteiger charge is -2.27. The second-order valence-electron chi connectivity index (χ2n) is 7.06. The van der Waals surface area contributed by atoms with Crippen molar-refractivity contribution < 1.29 is 31.1 Å². The van der Waals surface area contributed by atoms with Gasteiger partial charge in [-0.1, -0.05) is 30.3 Å². The van der Waals surface area contributed by atoms with Gasteiger partial charge in [-0.15, -0.1) is 10.2 Å². The quantitative estimate of drug-likeness (QED) is 0.490. The molecule has 0 aliphatic heterocycles. The van der Waals surface area contributed by atoms with Gasteiger partial charge in [0.15, 0.2) is 17.2 Å². The van der Waals surface area contributed by atoms with Gasteiger partial charge >= 0.3 is 12.4 Å². The molecule has 1 heterocycles. The second-order valence-corrected chi connectivity index (χ2v) is 7.06. The largest absolute Gasteiger partial charge is 0.479 e. The highest BCUT2D eigenvalue weighted by atomic mass is 19.4. The molecule has 4 nitrogen and oxygen atoms in total. The summed E-state index contributed by atoms with van der Waals surface area (Å²) >= 11 is 0. The van der Waals surface area contributed by atoms with Crippen molar-refractivity contribution in [3.05, 3.63) is 65.5 Å². The van der Waals surface area contributed by atoms with Gasteiger partial charge in [-0.2, -0.15) is 26.3 Å². The number of hydrogen-bond acceptors (Lipinski definition) is 3. The van der Waals surface area contributed by atoms with E-state index in [-0.39, 0.29) is 17.2 Å². The van der Waals surface area contributed by atoms with Crippen molar-refractivity contribution in [2.75, 3.05) is 0 Å². The zero-order valence-corrected chi connectivity index (χ0v) is 16.1. The Balaban J connectivity index is 2.03. The molecule has 30 heavy (non-hydrogen) atoms. The molecule has 0 aliphatic rings. The smallest absolute Gasteiger partial charge is 0.419 e. The third kappa shape index (κ3) is 4.12. The van der Waals surface area contributed by atoms with Crippen LogP contribution in [0.5, 0.6) is 5.75 Å². The van der Waals surface area contributed by atoms with E-state index < -0.39 is 34.8 Å². The average Bonchev–Trinajstić information content (AvgIpc) is 3.02. The fourth-order valence-corrected chi connectivity index (χ4v) is 3.12. The van der Waals surface area contributed by atoms with Crippen LogP contribution in [-0.2, 0) is 25.0 Å². The van der Waals surface area contributed by atoms with E-state index in [1.54, 1.807) is 0 Å². The SMILES string of the molecule is Cn1c(-c2ccccc2C(F)(F)F)nnc1C(C)(C)Oc1ccccc1C(F)(F)F. The standard InChI is InChI=1S/C20H17F6N3O/c1-18(2,30-15-11-7-6-10-14(15)20(24,25)26)17-28-27-16(29(17)3)12-8-4-5-9-13(12)19(21,22)23/h4-11H,1-3H3. The lowest BCUT2D eigenvalue weighted by atomic mass is 10.1. The molecular weight excluding hydrogens is 412 g/mol. The van der Waals surface area contributed by atoms with E-state index in [1.165, 1.54) is 61.9 Å². The zero-order chi connectivity index (χ0) is 22.3. The first-order chi connectivity index (χ1) is 13.8. The molecule has 0 bridgehead atoms. The first-order valence-electron chi connectivity index (χ1n) is 8.74. The molecule has 0 amide bonds. The molecule has 0 N–H and O–H groups in total. The second kappa shape index (κ2) is 7.33. The molecule has 0 aliphatic carbocycles. The van der Waals surface area contributed by atoms with Crippen molar-refractivity contribution in [3.8, 4) is 17.1 Å². The van der Waals surface area contributed by atoms with Crippen LogP contribution in [0, 0.1) is 0 Å². The fourth-order valence-electron chi connectivity index (χ4n) is 3.12. The van der Waals surface area contributed by atoms with Crippen LogP contribution in [0.25, 0.3) is 11.4 Å². The van der Waals surface area contributed by atoms with Crippen molar-refractivity contribution in [2.45, 2.75) is 31.8 Å². The average molecular weight is 429 g/mol. The van der Waals surface area contributed by atoms with Crippen LogP contribution in [-0.4, -0.2) is 14.8 Å². The van der Waals surface area contributed by atoms with Gasteiger partial charge in [0.25, 0.3) is 0 Å². The van der Waals surface area contributed by atoms with E-state index in [0.717, 1.165) is 12.1 Å². The van der Waals surface area contributed by atoms with Crippen LogP contribution in [0.3, 0.4) is 0 Å². The highest BCUT2D eigenvalue weighted by Gasteiger charge is 2.39. The molecule has 3 aromatic rings. The summed E-state index contributed by atoms with van der Waals surface area (Å²) in [5.41, 5.74) is -3.48. The van der Waals surface area contributed by atoms with Crippen LogP contribution < -0.4 is 4.74 Å². The summed E-state index contributed by atoms with van der Waals surface area (Å²) in [7, 11) is 1.43. The highest BCUT2D eigenvalue weighted by molar-refractivity contribution is 5.61. The third-order valence-electron chi connectivity index (χ3n) is 4.44. The Labute approximate surface area is 168 Å². The summed E-state index contributed by atoms with van der Waals surface area (Å²) in [5.74, 6) is -0.444. The molecule has 0 fully saturated rings. The van der Waals surface area contributed by atoms with Crippen LogP contribution >= 0.6 is 0 Å². The summed E-state index contributed by atoms with van der Waals surface area (Å²) < 4.78 is 86.8. The van der Waals surface area contributed by atoms with Crippen molar-refractivity contribution >= 4 is 0 Å². The number of halogens is 6. The number of rotatable bonds is 4. The monoisotopic (exact) mass is 429 g/mol. The maximum absolute atomic E-state index is 13.4. The van der Waals surface area contributed by atoms with Gasteiger partial charge in [-0.25, -0.2) is 0 Å². The van der Waals surface area contributed by atoms with Gasteiger partial charge < -0.3 is 9.30 Å². The lowest BCUT2D eigenvalue weighted by molar-refractivity contribution is -0.140. The molecule has 2 aromatic carbocycles. The predicted molar refractivity (Wildman–Crippen MR) is 96.5 cm³/mol. The topological polar surface area (TPSA) is 39.9 Å². The van der Waals surface area contributed by atoms with Gasteiger partial charge in [0.1, 0.15) is 5.75 Å². The first kappa shape index (κ1) is 21.7. The van der Waals surface area contributed by atoms with Gasteiger partial charge in [-0.05, 0) is 32.0 Å². The minimum absolute atomic E-state index is 0.0615. The van der Waals surface area contributed by atoms with Gasteiger partial charge in [0.2, 0.25) is 0 Å². The molecule has 0 saturated carbocycles. The third-order valence-corrected chi connectivity index (χ3v) is 4.44. The molecule has 0 radical (unpaired) electrons. The maximum atomic E-state index is 13.4. The number of alkyl halides is 6. The minimum Gasteiger partial charge on any atom is -0.479 e. The van der Waals surface area contributed by atoms with Crippen LogP contribution in [0.4, 0.5) is 26.3 Å². The zero-order valence-electron chi connectivity index (χ0n) is 16.1. The Hall–Kier alpha value is -3.04. The molecule has 10 heteroatoms. The fraction of sp³-hybridized carbons (Fsp3) is 0.300. The molecule has 0 saturated heterocycles. The van der Waals surface area contributed by atoms with Gasteiger partial charge in [-0.3, -0.25) is 0 Å². The molecule has 3 rings (SSSR count). The Kier molecular flexibility index (Phi) is 5.30. The lowest BCUT2D eigenvalue weighted by Crippen LogP contribution is -2.30. The number of nitrogens with zero attached hydrogens (tertiary/aromatic N) is 3. The Morgan fingerprint density at radius 1 is 0.767 bits per heavy atom. The number of hydrogen-bond donors (Lipinski definition) is 0.